The standard InChI is InChI=1S/C27H27F3N4O3/c1-17(2)13-24(35)32-21-11-9-20(10-12-21)31-16-25(36)33-22-7-3-5-18(14-22)26(37)34-23-8-4-6-19(15-23)27(28,29)30/h3-12,14-15,17,31H,13,16H2,1-2H3,(H,32,35)(H,33,36)(H,34,37). The van der Waals surface area contributed by atoms with Gasteiger partial charge in [-0.25, -0.2) is 0 Å². The second kappa shape index (κ2) is 12.1. The molecule has 0 bridgehead atoms. The van der Waals surface area contributed by atoms with Gasteiger partial charge in [-0.3, -0.25) is 14.4 Å². The van der Waals surface area contributed by atoms with Crippen molar-refractivity contribution >= 4 is 40.5 Å². The Bertz CT molecular complexity index is 1260. The lowest BCUT2D eigenvalue weighted by Crippen LogP contribution is -2.22. The number of carbonyl (C=O) groups excluding carboxylic acids is 3. The second-order valence-corrected chi connectivity index (χ2v) is 8.74. The van der Waals surface area contributed by atoms with Gasteiger partial charge in [0.2, 0.25) is 11.8 Å². The van der Waals surface area contributed by atoms with Crippen molar-refractivity contribution in [1.82, 2.24) is 0 Å². The van der Waals surface area contributed by atoms with Gasteiger partial charge in [0.15, 0.2) is 0 Å². The van der Waals surface area contributed by atoms with Gasteiger partial charge in [0, 0.05) is 34.7 Å². The molecule has 0 fully saturated rings. The number of benzene rings is 3. The van der Waals surface area contributed by atoms with E-state index in [1.807, 2.05) is 13.8 Å². The summed E-state index contributed by atoms with van der Waals surface area (Å²) in [7, 11) is 0. The number of nitrogens with one attached hydrogen (secondary N) is 4. The van der Waals surface area contributed by atoms with Gasteiger partial charge in [-0.05, 0) is 66.6 Å². The van der Waals surface area contributed by atoms with Crippen molar-refractivity contribution in [2.24, 2.45) is 5.92 Å². The molecular formula is C27H27F3N4O3. The van der Waals surface area contributed by atoms with Gasteiger partial charge >= 0.3 is 6.18 Å². The van der Waals surface area contributed by atoms with Gasteiger partial charge < -0.3 is 21.3 Å². The highest BCUT2D eigenvalue weighted by Crippen LogP contribution is 2.30. The van der Waals surface area contributed by atoms with Gasteiger partial charge in [-0.2, -0.15) is 13.2 Å². The minimum absolute atomic E-state index is 0.00368. The Kier molecular flexibility index (Phi) is 8.89. The minimum Gasteiger partial charge on any atom is -0.376 e. The Morgan fingerprint density at radius 2 is 1.32 bits per heavy atom. The van der Waals surface area contributed by atoms with E-state index in [0.717, 1.165) is 12.1 Å². The summed E-state index contributed by atoms with van der Waals surface area (Å²) in [6.45, 7) is 3.87. The highest BCUT2D eigenvalue weighted by Gasteiger charge is 2.30. The molecule has 0 saturated heterocycles. The lowest BCUT2D eigenvalue weighted by Gasteiger charge is -2.11. The number of hydrogen-bond donors (Lipinski definition) is 4. The molecule has 4 N–H and O–H groups in total. The van der Waals surface area contributed by atoms with Gasteiger partial charge in [0.05, 0.1) is 12.1 Å². The minimum atomic E-state index is -4.52. The maximum Gasteiger partial charge on any atom is 0.416 e. The van der Waals surface area contributed by atoms with Crippen LogP contribution < -0.4 is 21.3 Å². The predicted octanol–water partition coefficient (Wildman–Crippen LogP) is 5.99. The quantitative estimate of drug-likeness (QED) is 0.283. The predicted molar refractivity (Wildman–Crippen MR) is 137 cm³/mol. The first-order chi connectivity index (χ1) is 17.5. The molecule has 0 aliphatic heterocycles. The van der Waals surface area contributed by atoms with Crippen LogP contribution in [0.3, 0.4) is 0 Å². The Labute approximate surface area is 212 Å². The maximum absolute atomic E-state index is 12.9. The molecule has 0 radical (unpaired) electrons. The molecule has 0 aromatic heterocycles. The normalized spacial score (nSPS) is 11.1. The van der Waals surface area contributed by atoms with E-state index in [1.54, 1.807) is 36.4 Å². The fourth-order valence-corrected chi connectivity index (χ4v) is 3.36. The van der Waals surface area contributed by atoms with Crippen LogP contribution in [0.2, 0.25) is 0 Å². The zero-order valence-corrected chi connectivity index (χ0v) is 20.3. The highest BCUT2D eigenvalue weighted by molar-refractivity contribution is 6.05. The second-order valence-electron chi connectivity index (χ2n) is 8.74. The Balaban J connectivity index is 1.53. The number of anilines is 4. The van der Waals surface area contributed by atoms with Crippen LogP contribution in [-0.2, 0) is 15.8 Å². The Morgan fingerprint density at radius 1 is 0.730 bits per heavy atom. The summed E-state index contributed by atoms with van der Waals surface area (Å²) in [5, 5.41) is 10.9. The van der Waals surface area contributed by atoms with Crippen molar-refractivity contribution in [2.45, 2.75) is 26.4 Å². The van der Waals surface area contributed by atoms with Crippen LogP contribution in [0.4, 0.5) is 35.9 Å². The van der Waals surface area contributed by atoms with Crippen molar-refractivity contribution in [3.63, 3.8) is 0 Å². The smallest absolute Gasteiger partial charge is 0.376 e. The molecule has 0 atom stereocenters. The number of halogens is 3. The third-order valence-corrected chi connectivity index (χ3v) is 5.07. The van der Waals surface area contributed by atoms with E-state index in [4.69, 9.17) is 0 Å². The van der Waals surface area contributed by atoms with E-state index >= 15 is 0 Å². The van der Waals surface area contributed by atoms with Crippen LogP contribution in [0.15, 0.2) is 72.8 Å². The zero-order valence-electron chi connectivity index (χ0n) is 20.3. The first-order valence-electron chi connectivity index (χ1n) is 11.5. The molecule has 37 heavy (non-hydrogen) atoms. The number of amides is 3. The van der Waals surface area contributed by atoms with E-state index in [9.17, 15) is 27.6 Å². The van der Waals surface area contributed by atoms with E-state index in [1.165, 1.54) is 24.3 Å². The molecule has 0 aliphatic carbocycles. The number of rotatable bonds is 9. The topological polar surface area (TPSA) is 99.3 Å². The van der Waals surface area contributed by atoms with E-state index < -0.39 is 17.6 Å². The summed E-state index contributed by atoms with van der Waals surface area (Å²) in [6.07, 6.45) is -4.10. The van der Waals surface area contributed by atoms with Crippen LogP contribution >= 0.6 is 0 Å². The summed E-state index contributed by atoms with van der Waals surface area (Å²) < 4.78 is 38.7. The third kappa shape index (κ3) is 8.68. The largest absolute Gasteiger partial charge is 0.416 e. The molecule has 7 nitrogen and oxygen atoms in total. The van der Waals surface area contributed by atoms with Crippen LogP contribution in [0.1, 0.15) is 36.2 Å². The molecule has 10 heteroatoms. The van der Waals surface area contributed by atoms with Gasteiger partial charge in [-0.15, -0.1) is 0 Å². The molecule has 3 amide bonds. The van der Waals surface area contributed by atoms with Crippen LogP contribution in [0.25, 0.3) is 0 Å². The SMILES string of the molecule is CC(C)CC(=O)Nc1ccc(NCC(=O)Nc2cccc(C(=O)Nc3cccc(C(F)(F)F)c3)c2)cc1. The van der Waals surface area contributed by atoms with Crippen molar-refractivity contribution in [3.05, 3.63) is 83.9 Å². The molecular weight excluding hydrogens is 485 g/mol. The summed E-state index contributed by atoms with van der Waals surface area (Å²) in [4.78, 5) is 36.8. The summed E-state index contributed by atoms with van der Waals surface area (Å²) in [6, 6.07) is 17.3. The molecule has 194 valence electrons. The highest BCUT2D eigenvalue weighted by atomic mass is 19.4. The van der Waals surface area contributed by atoms with Crippen molar-refractivity contribution < 1.29 is 27.6 Å². The van der Waals surface area contributed by atoms with Crippen LogP contribution in [0.5, 0.6) is 0 Å². The lowest BCUT2D eigenvalue weighted by molar-refractivity contribution is -0.137. The fourth-order valence-electron chi connectivity index (χ4n) is 3.36. The van der Waals surface area contributed by atoms with Gasteiger partial charge in [0.25, 0.3) is 5.91 Å². The Hall–Kier alpha value is -4.34. The van der Waals surface area contributed by atoms with Crippen molar-refractivity contribution in [3.8, 4) is 0 Å². The van der Waals surface area contributed by atoms with Gasteiger partial charge in [-0.1, -0.05) is 26.0 Å². The van der Waals surface area contributed by atoms with Crippen molar-refractivity contribution in [2.75, 3.05) is 27.8 Å². The summed E-state index contributed by atoms with van der Waals surface area (Å²) >= 11 is 0. The molecule has 3 aromatic rings. The number of alkyl halides is 3. The molecule has 3 rings (SSSR count). The third-order valence-electron chi connectivity index (χ3n) is 5.07. The van der Waals surface area contributed by atoms with Crippen molar-refractivity contribution in [1.29, 1.82) is 0 Å². The molecule has 0 saturated carbocycles. The number of hydrogen-bond acceptors (Lipinski definition) is 4. The first kappa shape index (κ1) is 27.3. The average molecular weight is 513 g/mol. The average Bonchev–Trinajstić information content (AvgIpc) is 2.83. The summed E-state index contributed by atoms with van der Waals surface area (Å²) in [5.41, 5.74) is 0.977. The summed E-state index contributed by atoms with van der Waals surface area (Å²) in [5.74, 6) is -0.801. The van der Waals surface area contributed by atoms with Crippen LogP contribution in [-0.4, -0.2) is 24.3 Å². The lowest BCUT2D eigenvalue weighted by atomic mass is 10.1. The maximum atomic E-state index is 12.9. The first-order valence-corrected chi connectivity index (χ1v) is 11.5. The molecule has 0 heterocycles. The molecule has 3 aromatic carbocycles. The molecule has 0 unspecified atom stereocenters. The molecule has 0 spiro atoms. The number of carbonyl (C=O) groups is 3. The van der Waals surface area contributed by atoms with Crippen LogP contribution in [0, 0.1) is 5.92 Å². The van der Waals surface area contributed by atoms with E-state index in [2.05, 4.69) is 21.3 Å². The Morgan fingerprint density at radius 3 is 1.97 bits per heavy atom. The zero-order chi connectivity index (χ0) is 27.0. The van der Waals surface area contributed by atoms with E-state index in [-0.39, 0.29) is 35.5 Å². The fraction of sp³-hybridized carbons (Fsp3) is 0.222. The van der Waals surface area contributed by atoms with Gasteiger partial charge in [0.1, 0.15) is 0 Å². The molecule has 0 aliphatic rings. The monoisotopic (exact) mass is 512 g/mol. The van der Waals surface area contributed by atoms with E-state index in [0.29, 0.717) is 23.5 Å².